The molecule has 1 aromatic heterocycles. The summed E-state index contributed by atoms with van der Waals surface area (Å²) < 4.78 is 45.4. The number of hydrogen-bond donors (Lipinski definition) is 1. The van der Waals surface area contributed by atoms with Gasteiger partial charge in [-0.1, -0.05) is 17.3 Å². The Morgan fingerprint density at radius 2 is 1.74 bits per heavy atom. The summed E-state index contributed by atoms with van der Waals surface area (Å²) in [5, 5.41) is 3.84. The molecule has 0 atom stereocenters. The summed E-state index contributed by atoms with van der Waals surface area (Å²) in [5.74, 6) is -2.98. The lowest BCUT2D eigenvalue weighted by Gasteiger charge is -2.06. The molecular weight excluding hydrogens is 257 g/mol. The van der Waals surface area contributed by atoms with E-state index < -0.39 is 17.5 Å². The molecule has 0 unspecified atom stereocenters. The second-order valence-corrected chi connectivity index (χ2v) is 3.99. The molecule has 96 valence electrons. The predicted molar refractivity (Wildman–Crippen MR) is 63.7 cm³/mol. The summed E-state index contributed by atoms with van der Waals surface area (Å²) in [5.41, 5.74) is 5.74. The largest absolute Gasteiger partial charge is 0.380 e. The molecule has 19 heavy (non-hydrogen) atoms. The number of aromatic nitrogens is 1. The standard InChI is InChI=1S/C13H7F3N2O/c14-6-4-8(15)11(9(16)5-6)7-2-1-3-10-12(7)13(17)18-19-10/h1-5H,(H2,17,18). The van der Waals surface area contributed by atoms with Crippen LogP contribution >= 0.6 is 0 Å². The first-order valence-corrected chi connectivity index (χ1v) is 5.36. The number of anilines is 1. The maximum atomic E-state index is 13.8. The van der Waals surface area contributed by atoms with Crippen molar-refractivity contribution >= 4 is 16.8 Å². The van der Waals surface area contributed by atoms with Crippen molar-refractivity contribution in [1.82, 2.24) is 5.16 Å². The Hall–Kier alpha value is -2.50. The Kier molecular flexibility index (Phi) is 2.45. The fraction of sp³-hybridized carbons (Fsp3) is 0. The third-order valence-electron chi connectivity index (χ3n) is 2.80. The van der Waals surface area contributed by atoms with Crippen LogP contribution in [0.5, 0.6) is 0 Å². The molecule has 0 bridgehead atoms. The first kappa shape index (κ1) is 11.6. The van der Waals surface area contributed by atoms with Gasteiger partial charge < -0.3 is 10.3 Å². The van der Waals surface area contributed by atoms with Crippen molar-refractivity contribution in [2.75, 3.05) is 5.73 Å². The predicted octanol–water partition coefficient (Wildman–Crippen LogP) is 3.49. The van der Waals surface area contributed by atoms with Crippen LogP contribution in [0.25, 0.3) is 22.1 Å². The highest BCUT2D eigenvalue weighted by Gasteiger charge is 2.19. The van der Waals surface area contributed by atoms with Crippen molar-refractivity contribution in [2.45, 2.75) is 0 Å². The molecule has 0 amide bonds. The van der Waals surface area contributed by atoms with Gasteiger partial charge in [-0.15, -0.1) is 0 Å². The summed E-state index contributed by atoms with van der Waals surface area (Å²) in [4.78, 5) is 0. The molecule has 0 fully saturated rings. The molecule has 1 heterocycles. The maximum absolute atomic E-state index is 13.8. The van der Waals surface area contributed by atoms with Crippen LogP contribution in [0.1, 0.15) is 0 Å². The van der Waals surface area contributed by atoms with E-state index in [0.29, 0.717) is 23.1 Å². The molecule has 2 N–H and O–H groups in total. The van der Waals surface area contributed by atoms with Gasteiger partial charge in [0, 0.05) is 17.7 Å². The Bertz CT molecular complexity index is 760. The lowest BCUT2D eigenvalue weighted by atomic mass is 10.0. The highest BCUT2D eigenvalue weighted by molar-refractivity contribution is 6.00. The number of rotatable bonds is 1. The van der Waals surface area contributed by atoms with Gasteiger partial charge >= 0.3 is 0 Å². The quantitative estimate of drug-likeness (QED) is 0.731. The number of halogens is 3. The van der Waals surface area contributed by atoms with Crippen LogP contribution in [-0.2, 0) is 0 Å². The van der Waals surface area contributed by atoms with Gasteiger partial charge in [0.15, 0.2) is 11.4 Å². The SMILES string of the molecule is Nc1noc2cccc(-c3c(F)cc(F)cc3F)c12. The molecule has 3 nitrogen and oxygen atoms in total. The number of hydrogen-bond acceptors (Lipinski definition) is 3. The number of nitrogens with zero attached hydrogens (tertiary/aromatic N) is 1. The molecule has 0 spiro atoms. The Morgan fingerprint density at radius 3 is 2.42 bits per heavy atom. The van der Waals surface area contributed by atoms with Crippen molar-refractivity contribution in [1.29, 1.82) is 0 Å². The molecule has 0 radical (unpaired) electrons. The molecule has 0 aliphatic rings. The normalized spacial score (nSPS) is 11.1. The van der Waals surface area contributed by atoms with Gasteiger partial charge in [-0.2, -0.15) is 0 Å². The average Bonchev–Trinajstić information content (AvgIpc) is 2.71. The van der Waals surface area contributed by atoms with Crippen molar-refractivity contribution in [3.8, 4) is 11.1 Å². The van der Waals surface area contributed by atoms with Gasteiger partial charge in [-0.05, 0) is 6.07 Å². The Balaban J connectivity index is 2.40. The van der Waals surface area contributed by atoms with Crippen LogP contribution in [0.3, 0.4) is 0 Å². The van der Waals surface area contributed by atoms with E-state index in [9.17, 15) is 13.2 Å². The molecular formula is C13H7F3N2O. The summed E-state index contributed by atoms with van der Waals surface area (Å²) >= 11 is 0. The van der Waals surface area contributed by atoms with Crippen molar-refractivity contribution in [3.05, 3.63) is 47.8 Å². The topological polar surface area (TPSA) is 52.0 Å². The van der Waals surface area contributed by atoms with Crippen molar-refractivity contribution in [3.63, 3.8) is 0 Å². The molecule has 0 saturated carbocycles. The van der Waals surface area contributed by atoms with Crippen LogP contribution in [0.4, 0.5) is 19.0 Å². The van der Waals surface area contributed by atoms with Crippen molar-refractivity contribution < 1.29 is 17.7 Å². The Labute approximate surface area is 105 Å². The van der Waals surface area contributed by atoms with E-state index in [1.165, 1.54) is 6.07 Å². The summed E-state index contributed by atoms with van der Waals surface area (Å²) in [6.45, 7) is 0. The average molecular weight is 264 g/mol. The zero-order valence-electron chi connectivity index (χ0n) is 9.45. The smallest absolute Gasteiger partial charge is 0.175 e. The first-order valence-electron chi connectivity index (χ1n) is 5.36. The molecule has 0 aliphatic heterocycles. The van der Waals surface area contributed by atoms with Gasteiger partial charge in [0.25, 0.3) is 0 Å². The van der Waals surface area contributed by atoms with Crippen LogP contribution < -0.4 is 5.73 Å². The lowest BCUT2D eigenvalue weighted by molar-refractivity contribution is 0.460. The molecule has 0 saturated heterocycles. The van der Waals surface area contributed by atoms with E-state index in [1.54, 1.807) is 12.1 Å². The minimum Gasteiger partial charge on any atom is -0.380 e. The second-order valence-electron chi connectivity index (χ2n) is 3.99. The molecule has 6 heteroatoms. The zero-order chi connectivity index (χ0) is 13.6. The van der Waals surface area contributed by atoms with E-state index in [2.05, 4.69) is 5.16 Å². The summed E-state index contributed by atoms with van der Waals surface area (Å²) in [7, 11) is 0. The van der Waals surface area contributed by atoms with E-state index in [4.69, 9.17) is 10.3 Å². The van der Waals surface area contributed by atoms with E-state index >= 15 is 0 Å². The van der Waals surface area contributed by atoms with Gasteiger partial charge in [0.05, 0.1) is 10.9 Å². The first-order chi connectivity index (χ1) is 9.08. The van der Waals surface area contributed by atoms with Gasteiger partial charge in [0.1, 0.15) is 17.5 Å². The third kappa shape index (κ3) is 1.72. The molecule has 3 rings (SSSR count). The van der Waals surface area contributed by atoms with Crippen LogP contribution in [-0.4, -0.2) is 5.16 Å². The number of nitrogens with two attached hydrogens (primary N) is 1. The van der Waals surface area contributed by atoms with Gasteiger partial charge in [-0.3, -0.25) is 0 Å². The fourth-order valence-electron chi connectivity index (χ4n) is 2.02. The van der Waals surface area contributed by atoms with Gasteiger partial charge in [0.2, 0.25) is 0 Å². The monoisotopic (exact) mass is 264 g/mol. The molecule has 0 aliphatic carbocycles. The minimum atomic E-state index is -1.01. The van der Waals surface area contributed by atoms with Crippen LogP contribution in [0.15, 0.2) is 34.9 Å². The lowest BCUT2D eigenvalue weighted by Crippen LogP contribution is -1.94. The maximum Gasteiger partial charge on any atom is 0.175 e. The number of fused-ring (bicyclic) bond motifs is 1. The molecule has 3 aromatic rings. The van der Waals surface area contributed by atoms with Crippen molar-refractivity contribution in [2.24, 2.45) is 0 Å². The van der Waals surface area contributed by atoms with E-state index in [-0.39, 0.29) is 16.9 Å². The summed E-state index contributed by atoms with van der Waals surface area (Å²) in [6.07, 6.45) is 0. The third-order valence-corrected chi connectivity index (χ3v) is 2.80. The van der Waals surface area contributed by atoms with E-state index in [1.807, 2.05) is 0 Å². The van der Waals surface area contributed by atoms with Gasteiger partial charge in [-0.25, -0.2) is 13.2 Å². The highest BCUT2D eigenvalue weighted by atomic mass is 19.1. The number of nitrogen functional groups attached to an aromatic ring is 1. The number of benzene rings is 2. The van der Waals surface area contributed by atoms with Crippen LogP contribution in [0, 0.1) is 17.5 Å². The minimum absolute atomic E-state index is 0.0220. The highest BCUT2D eigenvalue weighted by Crippen LogP contribution is 2.35. The zero-order valence-corrected chi connectivity index (χ0v) is 9.45. The van der Waals surface area contributed by atoms with Crippen LogP contribution in [0.2, 0.25) is 0 Å². The molecule has 2 aromatic carbocycles. The van der Waals surface area contributed by atoms with E-state index in [0.717, 1.165) is 0 Å². The fourth-order valence-corrected chi connectivity index (χ4v) is 2.02. The Morgan fingerprint density at radius 1 is 1.05 bits per heavy atom. The second kappa shape index (κ2) is 4.01. The summed E-state index contributed by atoms with van der Waals surface area (Å²) in [6, 6.07) is 5.81.